The highest BCUT2D eigenvalue weighted by molar-refractivity contribution is 7.89. The molecule has 2 N–H and O–H groups in total. The van der Waals surface area contributed by atoms with E-state index in [0.717, 1.165) is 36.1 Å². The molecule has 4 rings (SSSR count). The van der Waals surface area contributed by atoms with E-state index in [4.69, 9.17) is 0 Å². The van der Waals surface area contributed by atoms with Gasteiger partial charge in [0.05, 0.1) is 4.90 Å². The number of sulfonamides is 1. The lowest BCUT2D eigenvalue weighted by Crippen LogP contribution is -2.52. The molecular formula is C24H30N4O4S. The van der Waals surface area contributed by atoms with Crippen LogP contribution in [0.4, 0.5) is 10.5 Å². The molecule has 2 fully saturated rings. The fourth-order valence-electron chi connectivity index (χ4n) is 3.95. The number of carbonyl (C=O) groups is 2. The molecule has 2 aromatic rings. The number of anilines is 1. The van der Waals surface area contributed by atoms with Gasteiger partial charge in [0.15, 0.2) is 0 Å². The standard InChI is InChI=1S/C24H30N4O4S/c1-18-8-10-22(11-9-18)33(31,32)28-14-12-27(13-15-28)24(30)25-17-19-4-2-7-21(16-19)26-23(29)20-5-3-6-20/h2,4,7-11,16,20H,3,5-6,12-15,17H2,1H3,(H,25,30)(H,26,29). The van der Waals surface area contributed by atoms with Crippen molar-refractivity contribution in [3.8, 4) is 0 Å². The monoisotopic (exact) mass is 470 g/mol. The molecule has 1 aliphatic carbocycles. The number of carbonyl (C=O) groups excluding carboxylic acids is 2. The van der Waals surface area contributed by atoms with Crippen LogP contribution in [-0.4, -0.2) is 55.7 Å². The molecule has 176 valence electrons. The van der Waals surface area contributed by atoms with Gasteiger partial charge in [-0.1, -0.05) is 36.2 Å². The zero-order chi connectivity index (χ0) is 23.4. The second-order valence-electron chi connectivity index (χ2n) is 8.68. The number of piperazine rings is 1. The number of rotatable bonds is 6. The average Bonchev–Trinajstić information content (AvgIpc) is 2.77. The highest BCUT2D eigenvalue weighted by Crippen LogP contribution is 2.27. The minimum absolute atomic E-state index is 0.0564. The minimum atomic E-state index is -3.56. The third kappa shape index (κ3) is 5.54. The Morgan fingerprint density at radius 3 is 2.33 bits per heavy atom. The molecule has 1 saturated heterocycles. The van der Waals surface area contributed by atoms with Gasteiger partial charge < -0.3 is 15.5 Å². The van der Waals surface area contributed by atoms with Crippen molar-refractivity contribution in [2.24, 2.45) is 5.92 Å². The maximum Gasteiger partial charge on any atom is 0.317 e. The summed E-state index contributed by atoms with van der Waals surface area (Å²) in [5.41, 5.74) is 2.62. The van der Waals surface area contributed by atoms with Crippen molar-refractivity contribution in [3.05, 3.63) is 59.7 Å². The number of urea groups is 1. The molecule has 8 nitrogen and oxygen atoms in total. The van der Waals surface area contributed by atoms with Crippen molar-refractivity contribution in [2.45, 2.75) is 37.6 Å². The van der Waals surface area contributed by atoms with Crippen molar-refractivity contribution in [1.82, 2.24) is 14.5 Å². The number of nitrogens with one attached hydrogen (secondary N) is 2. The Morgan fingerprint density at radius 2 is 1.70 bits per heavy atom. The summed E-state index contributed by atoms with van der Waals surface area (Å²) in [6.45, 7) is 3.41. The Labute approximate surface area is 195 Å². The smallest absolute Gasteiger partial charge is 0.317 e. The summed E-state index contributed by atoms with van der Waals surface area (Å²) in [4.78, 5) is 26.7. The second-order valence-corrected chi connectivity index (χ2v) is 10.6. The first kappa shape index (κ1) is 23.3. The normalized spacial score (nSPS) is 17.3. The van der Waals surface area contributed by atoms with Crippen molar-refractivity contribution in [3.63, 3.8) is 0 Å². The van der Waals surface area contributed by atoms with E-state index in [1.165, 1.54) is 4.31 Å². The summed E-state index contributed by atoms with van der Waals surface area (Å²) in [6, 6.07) is 14.0. The summed E-state index contributed by atoms with van der Waals surface area (Å²) in [5, 5.41) is 5.84. The Kier molecular flexibility index (Phi) is 6.99. The van der Waals surface area contributed by atoms with E-state index in [1.807, 2.05) is 31.2 Å². The molecule has 1 saturated carbocycles. The molecule has 9 heteroatoms. The van der Waals surface area contributed by atoms with E-state index in [-0.39, 0.29) is 35.8 Å². The van der Waals surface area contributed by atoms with Gasteiger partial charge in [-0.3, -0.25) is 4.79 Å². The predicted octanol–water partition coefficient (Wildman–Crippen LogP) is 2.95. The van der Waals surface area contributed by atoms with Crippen molar-refractivity contribution in [1.29, 1.82) is 0 Å². The van der Waals surface area contributed by atoms with Crippen LogP contribution in [-0.2, 0) is 21.4 Å². The first-order valence-corrected chi connectivity index (χ1v) is 12.8. The van der Waals surface area contributed by atoms with E-state index in [0.29, 0.717) is 19.6 Å². The Morgan fingerprint density at radius 1 is 1.00 bits per heavy atom. The van der Waals surface area contributed by atoms with Gasteiger partial charge in [-0.15, -0.1) is 0 Å². The predicted molar refractivity (Wildman–Crippen MR) is 126 cm³/mol. The molecule has 3 amide bonds. The molecule has 0 radical (unpaired) electrons. The highest BCUT2D eigenvalue weighted by atomic mass is 32.2. The first-order valence-electron chi connectivity index (χ1n) is 11.3. The van der Waals surface area contributed by atoms with Gasteiger partial charge in [-0.2, -0.15) is 4.31 Å². The van der Waals surface area contributed by atoms with Crippen LogP contribution in [0.5, 0.6) is 0 Å². The number of amides is 3. The molecule has 0 atom stereocenters. The van der Waals surface area contributed by atoms with Gasteiger partial charge in [-0.05, 0) is 49.6 Å². The maximum atomic E-state index is 12.8. The zero-order valence-electron chi connectivity index (χ0n) is 18.8. The molecule has 0 spiro atoms. The molecule has 1 heterocycles. The molecule has 2 aliphatic rings. The van der Waals surface area contributed by atoms with Crippen LogP contribution in [0.15, 0.2) is 53.4 Å². The SMILES string of the molecule is Cc1ccc(S(=O)(=O)N2CCN(C(=O)NCc3cccc(NC(=O)C4CCC4)c3)CC2)cc1. The van der Waals surface area contributed by atoms with Crippen LogP contribution >= 0.6 is 0 Å². The summed E-state index contributed by atoms with van der Waals surface area (Å²) in [6.07, 6.45) is 3.00. The van der Waals surface area contributed by atoms with Crippen LogP contribution in [0.3, 0.4) is 0 Å². The van der Waals surface area contributed by atoms with Crippen molar-refractivity contribution in [2.75, 3.05) is 31.5 Å². The highest BCUT2D eigenvalue weighted by Gasteiger charge is 2.30. The lowest BCUT2D eigenvalue weighted by molar-refractivity contribution is -0.122. The van der Waals surface area contributed by atoms with Gasteiger partial charge in [0.25, 0.3) is 0 Å². The van der Waals surface area contributed by atoms with Gasteiger partial charge in [0, 0.05) is 44.3 Å². The molecule has 2 aromatic carbocycles. The van der Waals surface area contributed by atoms with E-state index < -0.39 is 10.0 Å². The molecule has 33 heavy (non-hydrogen) atoms. The van der Waals surface area contributed by atoms with Gasteiger partial charge in [0.1, 0.15) is 0 Å². The van der Waals surface area contributed by atoms with Crippen LogP contribution in [0, 0.1) is 12.8 Å². The van der Waals surface area contributed by atoms with Crippen LogP contribution in [0.1, 0.15) is 30.4 Å². The summed E-state index contributed by atoms with van der Waals surface area (Å²) in [7, 11) is -3.56. The molecule has 0 unspecified atom stereocenters. The average molecular weight is 471 g/mol. The van der Waals surface area contributed by atoms with Crippen molar-refractivity contribution >= 4 is 27.6 Å². The van der Waals surface area contributed by atoms with Crippen molar-refractivity contribution < 1.29 is 18.0 Å². The summed E-state index contributed by atoms with van der Waals surface area (Å²) in [5.74, 6) is 0.169. The van der Waals surface area contributed by atoms with Crippen LogP contribution in [0.25, 0.3) is 0 Å². The summed E-state index contributed by atoms with van der Waals surface area (Å²) < 4.78 is 27.1. The number of hydrogen-bond acceptors (Lipinski definition) is 4. The second kappa shape index (κ2) is 9.93. The Hall–Kier alpha value is -2.91. The van der Waals surface area contributed by atoms with Crippen LogP contribution in [0.2, 0.25) is 0 Å². The number of nitrogens with zero attached hydrogens (tertiary/aromatic N) is 2. The van der Waals surface area contributed by atoms with E-state index in [1.54, 1.807) is 29.2 Å². The fourth-order valence-corrected chi connectivity index (χ4v) is 5.38. The van der Waals surface area contributed by atoms with E-state index in [9.17, 15) is 18.0 Å². The third-order valence-electron chi connectivity index (χ3n) is 6.30. The van der Waals surface area contributed by atoms with Gasteiger partial charge in [-0.25, -0.2) is 13.2 Å². The Balaban J connectivity index is 1.27. The summed E-state index contributed by atoms with van der Waals surface area (Å²) >= 11 is 0. The maximum absolute atomic E-state index is 12.8. The molecule has 0 aromatic heterocycles. The quantitative estimate of drug-likeness (QED) is 0.678. The lowest BCUT2D eigenvalue weighted by atomic mass is 9.85. The Bertz CT molecular complexity index is 1110. The molecule has 0 bridgehead atoms. The molecular weight excluding hydrogens is 440 g/mol. The number of aryl methyl sites for hydroxylation is 1. The number of hydrogen-bond donors (Lipinski definition) is 2. The number of benzene rings is 2. The van der Waals surface area contributed by atoms with Gasteiger partial charge in [0.2, 0.25) is 15.9 Å². The van der Waals surface area contributed by atoms with E-state index >= 15 is 0 Å². The minimum Gasteiger partial charge on any atom is -0.334 e. The van der Waals surface area contributed by atoms with E-state index in [2.05, 4.69) is 10.6 Å². The molecule has 1 aliphatic heterocycles. The first-order chi connectivity index (χ1) is 15.8. The van der Waals surface area contributed by atoms with Gasteiger partial charge >= 0.3 is 6.03 Å². The van der Waals surface area contributed by atoms with Crippen LogP contribution < -0.4 is 10.6 Å². The topological polar surface area (TPSA) is 98.8 Å². The largest absolute Gasteiger partial charge is 0.334 e. The zero-order valence-corrected chi connectivity index (χ0v) is 19.6. The fraction of sp³-hybridized carbons (Fsp3) is 0.417. The third-order valence-corrected chi connectivity index (χ3v) is 8.21. The lowest BCUT2D eigenvalue weighted by Gasteiger charge is -2.34.